The van der Waals surface area contributed by atoms with Crippen LogP contribution in [0.15, 0.2) is 35.2 Å². The highest BCUT2D eigenvalue weighted by molar-refractivity contribution is 8.18. The lowest BCUT2D eigenvalue weighted by Gasteiger charge is -2.57. The van der Waals surface area contributed by atoms with E-state index in [1.165, 1.54) is 44.1 Å². The summed E-state index contributed by atoms with van der Waals surface area (Å²) < 4.78 is 2.24. The Kier molecular flexibility index (Phi) is 6.92. The standard InChI is InChI=1S/C34H41N3O3S/c1-22-13-27(17-30-32(39)36(33(40)41-30)21-31(38)35-11-5-3-4-6-12-35)23(2)37(22)29-9-7-28(8-10-29)34-18-24-14-25(19-34)16-26(15-24)20-34/h7-10,13,17,24-26H,3-6,11-12,14-16,18-21H2,1-2H3. The number of likely N-dealkylation sites (tertiary alicyclic amines) is 1. The quantitative estimate of drug-likeness (QED) is 0.363. The van der Waals surface area contributed by atoms with Gasteiger partial charge in [-0.25, -0.2) is 0 Å². The number of aryl methyl sites for hydroxylation is 1. The average molecular weight is 572 g/mol. The van der Waals surface area contributed by atoms with Crippen LogP contribution in [0.1, 0.15) is 86.7 Å². The summed E-state index contributed by atoms with van der Waals surface area (Å²) in [5.74, 6) is 2.28. The third kappa shape index (κ3) is 4.88. The first-order chi connectivity index (χ1) is 19.8. The molecule has 4 saturated carbocycles. The third-order valence-corrected chi connectivity index (χ3v) is 11.6. The van der Waals surface area contributed by atoms with E-state index in [4.69, 9.17) is 0 Å². The van der Waals surface area contributed by atoms with Crippen molar-refractivity contribution >= 4 is 34.9 Å². The van der Waals surface area contributed by atoms with Crippen molar-refractivity contribution < 1.29 is 14.4 Å². The molecule has 7 heteroatoms. The second-order valence-corrected chi connectivity index (χ2v) is 14.5. The lowest BCUT2D eigenvalue weighted by Crippen LogP contribution is -2.48. The number of rotatable bonds is 5. The minimum atomic E-state index is -0.368. The SMILES string of the molecule is Cc1cc(C=C2SC(=O)N(CC(=O)N3CCCCCC3)C2=O)c(C)n1-c1ccc(C23CC4CC(CC(C4)C2)C3)cc1. The lowest BCUT2D eigenvalue weighted by molar-refractivity contribution is -0.135. The van der Waals surface area contributed by atoms with Crippen LogP contribution in [0.25, 0.3) is 11.8 Å². The third-order valence-electron chi connectivity index (χ3n) is 10.7. The molecule has 2 saturated heterocycles. The molecule has 0 N–H and O–H groups in total. The molecular formula is C34H41N3O3S. The smallest absolute Gasteiger partial charge is 0.294 e. The molecule has 0 atom stereocenters. The molecule has 41 heavy (non-hydrogen) atoms. The molecule has 6 nitrogen and oxygen atoms in total. The predicted octanol–water partition coefficient (Wildman–Crippen LogP) is 7.00. The summed E-state index contributed by atoms with van der Waals surface area (Å²) in [5.41, 5.74) is 6.09. The van der Waals surface area contributed by atoms with Gasteiger partial charge in [-0.15, -0.1) is 0 Å². The van der Waals surface area contributed by atoms with Gasteiger partial charge in [0.05, 0.1) is 4.91 Å². The number of carbonyl (C=O) groups is 3. The first-order valence-electron chi connectivity index (χ1n) is 15.6. The summed E-state index contributed by atoms with van der Waals surface area (Å²) >= 11 is 0.937. The van der Waals surface area contributed by atoms with E-state index in [1.807, 2.05) is 11.0 Å². The van der Waals surface area contributed by atoms with Gasteiger partial charge in [-0.1, -0.05) is 25.0 Å². The number of imide groups is 1. The summed E-state index contributed by atoms with van der Waals surface area (Å²) in [6.45, 7) is 5.40. The molecule has 3 amide bonds. The number of nitrogens with zero attached hydrogens (tertiary/aromatic N) is 3. The molecule has 8 rings (SSSR count). The fourth-order valence-electron chi connectivity index (χ4n) is 9.09. The molecule has 1 aromatic heterocycles. The van der Waals surface area contributed by atoms with E-state index >= 15 is 0 Å². The molecule has 6 aliphatic rings. The second-order valence-electron chi connectivity index (χ2n) is 13.5. The largest absolute Gasteiger partial charge is 0.341 e. The molecule has 4 bridgehead atoms. The minimum absolute atomic E-state index is 0.134. The molecule has 0 spiro atoms. The van der Waals surface area contributed by atoms with Gasteiger partial charge in [-0.2, -0.15) is 0 Å². The van der Waals surface area contributed by atoms with E-state index in [9.17, 15) is 14.4 Å². The molecule has 216 valence electrons. The molecule has 6 fully saturated rings. The van der Waals surface area contributed by atoms with Crippen LogP contribution in [-0.4, -0.2) is 51.1 Å². The Morgan fingerprint density at radius 1 is 0.927 bits per heavy atom. The average Bonchev–Trinajstić information content (AvgIpc) is 3.21. The van der Waals surface area contributed by atoms with Crippen molar-refractivity contribution in [2.45, 2.75) is 83.5 Å². The molecule has 2 aromatic rings. The van der Waals surface area contributed by atoms with E-state index in [0.29, 0.717) is 23.4 Å². The van der Waals surface area contributed by atoms with Gasteiger partial charge in [0.15, 0.2) is 0 Å². The zero-order valence-corrected chi connectivity index (χ0v) is 25.2. The number of benzene rings is 1. The predicted molar refractivity (Wildman–Crippen MR) is 163 cm³/mol. The Balaban J connectivity index is 1.09. The topological polar surface area (TPSA) is 62.6 Å². The van der Waals surface area contributed by atoms with Gasteiger partial charge in [0, 0.05) is 30.2 Å². The summed E-state index contributed by atoms with van der Waals surface area (Å²) in [5, 5.41) is -0.363. The zero-order valence-electron chi connectivity index (χ0n) is 24.4. The monoisotopic (exact) mass is 571 g/mol. The van der Waals surface area contributed by atoms with Gasteiger partial charge in [0.25, 0.3) is 11.1 Å². The Hall–Kier alpha value is -2.80. The van der Waals surface area contributed by atoms with Crippen molar-refractivity contribution in [1.82, 2.24) is 14.4 Å². The van der Waals surface area contributed by atoms with E-state index in [0.717, 1.165) is 82.7 Å². The maximum atomic E-state index is 13.2. The maximum absolute atomic E-state index is 13.2. The summed E-state index contributed by atoms with van der Waals surface area (Å²) in [6, 6.07) is 11.3. The summed E-state index contributed by atoms with van der Waals surface area (Å²) in [6.07, 6.45) is 14.5. The molecule has 4 aliphatic carbocycles. The van der Waals surface area contributed by atoms with Crippen LogP contribution in [0.3, 0.4) is 0 Å². The van der Waals surface area contributed by atoms with Crippen LogP contribution >= 0.6 is 11.8 Å². The van der Waals surface area contributed by atoms with Gasteiger partial charge in [0.2, 0.25) is 5.91 Å². The highest BCUT2D eigenvalue weighted by Crippen LogP contribution is 2.60. The van der Waals surface area contributed by atoms with Crippen LogP contribution in [0.5, 0.6) is 0 Å². The number of amides is 3. The molecule has 0 radical (unpaired) electrons. The number of carbonyl (C=O) groups excluding carboxylic acids is 3. The highest BCUT2D eigenvalue weighted by Gasteiger charge is 2.51. The van der Waals surface area contributed by atoms with E-state index < -0.39 is 0 Å². The number of hydrogen-bond donors (Lipinski definition) is 0. The Morgan fingerprint density at radius 2 is 1.54 bits per heavy atom. The number of thioether (sulfide) groups is 1. The van der Waals surface area contributed by atoms with Crippen molar-refractivity contribution in [3.63, 3.8) is 0 Å². The van der Waals surface area contributed by atoms with E-state index in [2.05, 4.69) is 48.7 Å². The van der Waals surface area contributed by atoms with Crippen molar-refractivity contribution in [3.8, 4) is 5.69 Å². The normalized spacial score (nSPS) is 30.5. The van der Waals surface area contributed by atoms with Crippen LogP contribution in [0, 0.1) is 31.6 Å². The highest BCUT2D eigenvalue weighted by atomic mass is 32.2. The summed E-state index contributed by atoms with van der Waals surface area (Å²) in [4.78, 5) is 42.2. The molecular weight excluding hydrogens is 530 g/mol. The van der Waals surface area contributed by atoms with Crippen molar-refractivity contribution in [3.05, 3.63) is 57.8 Å². The van der Waals surface area contributed by atoms with Gasteiger partial charge in [0.1, 0.15) is 6.54 Å². The van der Waals surface area contributed by atoms with Crippen molar-refractivity contribution in [2.24, 2.45) is 17.8 Å². The molecule has 3 heterocycles. The first-order valence-corrected chi connectivity index (χ1v) is 16.4. The first kappa shape index (κ1) is 27.1. The molecule has 1 aromatic carbocycles. The lowest BCUT2D eigenvalue weighted by atomic mass is 9.48. The van der Waals surface area contributed by atoms with Crippen molar-refractivity contribution in [2.75, 3.05) is 19.6 Å². The summed E-state index contributed by atoms with van der Waals surface area (Å²) in [7, 11) is 0. The Morgan fingerprint density at radius 3 is 2.15 bits per heavy atom. The van der Waals surface area contributed by atoms with Crippen LogP contribution < -0.4 is 0 Å². The van der Waals surface area contributed by atoms with E-state index in [-0.39, 0.29) is 23.6 Å². The Bertz CT molecular complexity index is 1380. The number of aromatic nitrogens is 1. The van der Waals surface area contributed by atoms with Gasteiger partial charge < -0.3 is 9.47 Å². The van der Waals surface area contributed by atoms with Crippen LogP contribution in [0.2, 0.25) is 0 Å². The van der Waals surface area contributed by atoms with Crippen LogP contribution in [-0.2, 0) is 15.0 Å². The van der Waals surface area contributed by atoms with E-state index in [1.54, 1.807) is 0 Å². The second kappa shape index (κ2) is 10.5. The van der Waals surface area contributed by atoms with Crippen LogP contribution in [0.4, 0.5) is 4.79 Å². The fraction of sp³-hybridized carbons (Fsp3) is 0.559. The molecule has 2 aliphatic heterocycles. The fourth-order valence-corrected chi connectivity index (χ4v) is 9.92. The van der Waals surface area contributed by atoms with Crippen molar-refractivity contribution in [1.29, 1.82) is 0 Å². The van der Waals surface area contributed by atoms with Gasteiger partial charge in [-0.05, 0) is 136 Å². The molecule has 0 unspecified atom stereocenters. The minimum Gasteiger partial charge on any atom is -0.341 e. The van der Waals surface area contributed by atoms with Gasteiger partial charge in [-0.3, -0.25) is 19.3 Å². The number of hydrogen-bond acceptors (Lipinski definition) is 4. The maximum Gasteiger partial charge on any atom is 0.294 e. The van der Waals surface area contributed by atoms with Gasteiger partial charge >= 0.3 is 0 Å². The zero-order chi connectivity index (χ0) is 28.3. The Labute approximate surface area is 247 Å².